The summed E-state index contributed by atoms with van der Waals surface area (Å²) < 4.78 is 5.18. The zero-order valence-corrected chi connectivity index (χ0v) is 10.6. The fourth-order valence-corrected chi connectivity index (χ4v) is 2.14. The van der Waals surface area contributed by atoms with Crippen molar-refractivity contribution < 1.29 is 4.52 Å². The average Bonchev–Trinajstić information content (AvgIpc) is 2.61. The van der Waals surface area contributed by atoms with Gasteiger partial charge in [-0.05, 0) is 44.1 Å². The molecule has 0 radical (unpaired) electrons. The highest BCUT2D eigenvalue weighted by Gasteiger charge is 2.38. The molecule has 0 unspecified atom stereocenters. The van der Waals surface area contributed by atoms with Crippen LogP contribution in [0.1, 0.15) is 50.2 Å². The number of nitrogens with two attached hydrogens (primary N) is 1. The minimum Gasteiger partial charge on any atom is -0.335 e. The van der Waals surface area contributed by atoms with Gasteiger partial charge in [0.1, 0.15) is 0 Å². The Hall–Kier alpha value is -0.870. The molecule has 5 heteroatoms. The maximum atomic E-state index is 6.12. The van der Waals surface area contributed by atoms with E-state index in [0.29, 0.717) is 17.6 Å². The minimum absolute atomic E-state index is 0. The SMILES string of the molecule is Cl.NC1(c2noc(/C=C/C3CCC3)n2)CCC1. The van der Waals surface area contributed by atoms with Gasteiger partial charge in [-0.2, -0.15) is 4.98 Å². The summed E-state index contributed by atoms with van der Waals surface area (Å²) in [5.74, 6) is 1.98. The second kappa shape index (κ2) is 4.78. The molecule has 0 amide bonds. The number of aromatic nitrogens is 2. The topological polar surface area (TPSA) is 64.9 Å². The molecule has 1 aromatic rings. The first kappa shape index (κ1) is 12.6. The van der Waals surface area contributed by atoms with Crippen LogP contribution in [0.3, 0.4) is 0 Å². The van der Waals surface area contributed by atoms with Gasteiger partial charge in [0.15, 0.2) is 5.82 Å². The smallest absolute Gasteiger partial charge is 0.250 e. The Morgan fingerprint density at radius 1 is 1.29 bits per heavy atom. The Bertz CT molecular complexity index is 408. The van der Waals surface area contributed by atoms with E-state index in [4.69, 9.17) is 10.3 Å². The van der Waals surface area contributed by atoms with E-state index >= 15 is 0 Å². The normalized spacial score (nSPS) is 22.9. The molecule has 2 aliphatic rings. The molecule has 94 valence electrons. The fraction of sp³-hybridized carbons (Fsp3) is 0.667. The Kier molecular flexibility index (Phi) is 3.54. The highest BCUT2D eigenvalue weighted by molar-refractivity contribution is 5.85. The minimum atomic E-state index is -0.313. The predicted molar refractivity (Wildman–Crippen MR) is 67.6 cm³/mol. The Morgan fingerprint density at radius 2 is 2.06 bits per heavy atom. The van der Waals surface area contributed by atoms with Crippen molar-refractivity contribution in [2.24, 2.45) is 11.7 Å². The molecule has 2 saturated carbocycles. The fourth-order valence-electron chi connectivity index (χ4n) is 2.14. The second-order valence-corrected chi connectivity index (χ2v) is 5.02. The van der Waals surface area contributed by atoms with Crippen LogP contribution < -0.4 is 5.73 Å². The molecule has 4 nitrogen and oxygen atoms in total. The summed E-state index contributed by atoms with van der Waals surface area (Å²) in [4.78, 5) is 4.34. The molecular weight excluding hydrogens is 238 g/mol. The largest absolute Gasteiger partial charge is 0.335 e. The molecule has 0 aromatic carbocycles. The Labute approximate surface area is 107 Å². The molecule has 1 aromatic heterocycles. The average molecular weight is 256 g/mol. The molecule has 0 aliphatic heterocycles. The van der Waals surface area contributed by atoms with Gasteiger partial charge in [-0.15, -0.1) is 12.4 Å². The predicted octanol–water partition coefficient (Wildman–Crippen LogP) is 2.64. The third-order valence-corrected chi connectivity index (χ3v) is 3.79. The van der Waals surface area contributed by atoms with E-state index in [1.807, 2.05) is 6.08 Å². The molecule has 0 atom stereocenters. The molecule has 0 saturated heterocycles. The number of rotatable bonds is 3. The standard InChI is InChI=1S/C12H17N3O.ClH/c13-12(7-2-8-12)11-14-10(16-15-11)6-5-9-3-1-4-9;/h5-6,9H,1-4,7-8,13H2;1H/b6-5+;. The molecule has 1 heterocycles. The van der Waals surface area contributed by atoms with Gasteiger partial charge >= 0.3 is 0 Å². The van der Waals surface area contributed by atoms with Gasteiger partial charge in [-0.1, -0.05) is 17.7 Å². The Balaban J connectivity index is 0.00000108. The summed E-state index contributed by atoms with van der Waals surface area (Å²) in [6.07, 6.45) is 11.1. The molecule has 3 rings (SSSR count). The summed E-state index contributed by atoms with van der Waals surface area (Å²) in [6, 6.07) is 0. The van der Waals surface area contributed by atoms with Crippen molar-refractivity contribution in [2.75, 3.05) is 0 Å². The van der Waals surface area contributed by atoms with Crippen molar-refractivity contribution in [1.82, 2.24) is 10.1 Å². The van der Waals surface area contributed by atoms with E-state index in [1.165, 1.54) is 19.3 Å². The van der Waals surface area contributed by atoms with Crippen molar-refractivity contribution in [1.29, 1.82) is 0 Å². The van der Waals surface area contributed by atoms with Crippen molar-refractivity contribution >= 4 is 18.5 Å². The molecule has 0 spiro atoms. The monoisotopic (exact) mass is 255 g/mol. The van der Waals surface area contributed by atoms with Crippen LogP contribution in [0.5, 0.6) is 0 Å². The van der Waals surface area contributed by atoms with Crippen LogP contribution >= 0.6 is 12.4 Å². The maximum absolute atomic E-state index is 6.12. The van der Waals surface area contributed by atoms with Crippen molar-refractivity contribution in [3.05, 3.63) is 17.8 Å². The molecule has 17 heavy (non-hydrogen) atoms. The van der Waals surface area contributed by atoms with Gasteiger partial charge in [-0.3, -0.25) is 0 Å². The highest BCUT2D eigenvalue weighted by atomic mass is 35.5. The second-order valence-electron chi connectivity index (χ2n) is 5.02. The summed E-state index contributed by atoms with van der Waals surface area (Å²) in [7, 11) is 0. The van der Waals surface area contributed by atoms with E-state index in [0.717, 1.165) is 19.3 Å². The third kappa shape index (κ3) is 2.38. The van der Waals surface area contributed by atoms with Gasteiger partial charge < -0.3 is 10.3 Å². The van der Waals surface area contributed by atoms with Crippen molar-refractivity contribution in [3.8, 4) is 0 Å². The molecule has 2 fully saturated rings. The number of allylic oxidation sites excluding steroid dienone is 1. The number of nitrogens with zero attached hydrogens (tertiary/aromatic N) is 2. The van der Waals surface area contributed by atoms with Crippen LogP contribution in [0.25, 0.3) is 6.08 Å². The highest BCUT2D eigenvalue weighted by Crippen LogP contribution is 2.37. The van der Waals surface area contributed by atoms with E-state index in [2.05, 4.69) is 16.2 Å². The first-order valence-corrected chi connectivity index (χ1v) is 6.08. The quantitative estimate of drug-likeness (QED) is 0.902. The Morgan fingerprint density at radius 3 is 2.59 bits per heavy atom. The molecule has 2 N–H and O–H groups in total. The molecular formula is C12H18ClN3O. The third-order valence-electron chi connectivity index (χ3n) is 3.79. The van der Waals surface area contributed by atoms with Crippen molar-refractivity contribution in [2.45, 2.75) is 44.1 Å². The van der Waals surface area contributed by atoms with Gasteiger partial charge in [0.25, 0.3) is 0 Å². The number of hydrogen-bond acceptors (Lipinski definition) is 4. The van der Waals surface area contributed by atoms with Gasteiger partial charge in [-0.25, -0.2) is 0 Å². The first-order valence-electron chi connectivity index (χ1n) is 6.08. The number of hydrogen-bond donors (Lipinski definition) is 1. The molecule has 2 aliphatic carbocycles. The van der Waals surface area contributed by atoms with Gasteiger partial charge in [0.2, 0.25) is 5.89 Å². The zero-order valence-electron chi connectivity index (χ0n) is 9.76. The van der Waals surface area contributed by atoms with Crippen molar-refractivity contribution in [3.63, 3.8) is 0 Å². The summed E-state index contributed by atoms with van der Waals surface area (Å²) in [5.41, 5.74) is 5.81. The zero-order chi connectivity index (χ0) is 11.0. The van der Waals surface area contributed by atoms with Gasteiger partial charge in [0, 0.05) is 0 Å². The lowest BCUT2D eigenvalue weighted by Crippen LogP contribution is -2.44. The summed E-state index contributed by atoms with van der Waals surface area (Å²) >= 11 is 0. The lowest BCUT2D eigenvalue weighted by atomic mass is 9.77. The van der Waals surface area contributed by atoms with Crippen LogP contribution in [0.4, 0.5) is 0 Å². The summed E-state index contributed by atoms with van der Waals surface area (Å²) in [6.45, 7) is 0. The van der Waals surface area contributed by atoms with Crippen LogP contribution in [0.2, 0.25) is 0 Å². The van der Waals surface area contributed by atoms with E-state index < -0.39 is 0 Å². The summed E-state index contributed by atoms with van der Waals surface area (Å²) in [5, 5.41) is 3.97. The number of halogens is 1. The van der Waals surface area contributed by atoms with Gasteiger partial charge in [0.05, 0.1) is 5.54 Å². The van der Waals surface area contributed by atoms with Crippen LogP contribution in [0.15, 0.2) is 10.6 Å². The van der Waals surface area contributed by atoms with E-state index in [1.54, 1.807) is 0 Å². The van der Waals surface area contributed by atoms with Crippen LogP contribution in [-0.4, -0.2) is 10.1 Å². The first-order chi connectivity index (χ1) is 7.76. The van der Waals surface area contributed by atoms with E-state index in [-0.39, 0.29) is 17.9 Å². The lowest BCUT2D eigenvalue weighted by molar-refractivity contribution is 0.229. The molecule has 0 bridgehead atoms. The lowest BCUT2D eigenvalue weighted by Gasteiger charge is -2.34. The van der Waals surface area contributed by atoms with Crippen LogP contribution in [-0.2, 0) is 5.54 Å². The van der Waals surface area contributed by atoms with E-state index in [9.17, 15) is 0 Å². The maximum Gasteiger partial charge on any atom is 0.250 e. The van der Waals surface area contributed by atoms with Crippen LogP contribution in [0, 0.1) is 5.92 Å².